The predicted octanol–water partition coefficient (Wildman–Crippen LogP) is 0.473. The third-order valence-electron chi connectivity index (χ3n) is 1.06. The van der Waals surface area contributed by atoms with Gasteiger partial charge >= 0.3 is 38.3 Å². The van der Waals surface area contributed by atoms with Gasteiger partial charge in [-0.25, -0.2) is 0 Å². The van der Waals surface area contributed by atoms with Crippen LogP contribution in [0.1, 0.15) is 27.2 Å². The minimum absolute atomic E-state index is 0.630. The first kappa shape index (κ1) is 12.6. The molecule has 0 amide bonds. The van der Waals surface area contributed by atoms with Crippen molar-refractivity contribution in [3.8, 4) is 0 Å². The maximum atomic E-state index is 5.04. The van der Waals surface area contributed by atoms with Gasteiger partial charge in [-0.05, 0) is 5.92 Å². The summed E-state index contributed by atoms with van der Waals surface area (Å²) in [6.45, 7) is 6.64. The summed E-state index contributed by atoms with van der Waals surface area (Å²) in [6.07, 6.45) is 1.31. The van der Waals surface area contributed by atoms with E-state index in [9.17, 15) is 0 Å². The van der Waals surface area contributed by atoms with Gasteiger partial charge in [0.05, 0.1) is 0 Å². The average Bonchev–Trinajstić information content (AvgIpc) is 1.89. The third kappa shape index (κ3) is 24.5. The maximum absolute atomic E-state index is 5.04. The molecule has 0 rings (SSSR count). The van der Waals surface area contributed by atoms with Gasteiger partial charge < -0.3 is 0 Å². The minimum atomic E-state index is 0.630. The van der Waals surface area contributed by atoms with Crippen LogP contribution >= 0.6 is 0 Å². The Kier molecular flexibility index (Phi) is 11.4. The molecule has 0 radical (unpaired) electrons. The molecule has 0 aliphatic rings. The van der Waals surface area contributed by atoms with E-state index in [1.54, 1.807) is 7.05 Å². The van der Waals surface area contributed by atoms with Gasteiger partial charge in [0.15, 0.2) is 0 Å². The molecule has 0 aromatic heterocycles. The molecule has 2 nitrogen and oxygen atoms in total. The van der Waals surface area contributed by atoms with Crippen LogP contribution in [0.4, 0.5) is 0 Å². The molecule has 0 unspecified atom stereocenters. The quantitative estimate of drug-likeness (QED) is 0.649. The van der Waals surface area contributed by atoms with Crippen molar-refractivity contribution in [2.45, 2.75) is 27.2 Å². The molecule has 0 aliphatic heterocycles. The Bertz CT molecular complexity index is 81.7. The first-order valence-corrected chi connectivity index (χ1v) is 4.37. The molecule has 0 fully saturated rings. The summed E-state index contributed by atoms with van der Waals surface area (Å²) < 4.78 is 0.630. The molecule has 0 heterocycles. The summed E-state index contributed by atoms with van der Waals surface area (Å²) in [5.74, 6) is 0.884. The summed E-state index contributed by atoms with van der Waals surface area (Å²) in [5, 5.41) is 2.67. The fourth-order valence-corrected chi connectivity index (χ4v) is 0. The fraction of sp³-hybridized carbons (Fsp3) is 0.857. The summed E-state index contributed by atoms with van der Waals surface area (Å²) in [7, 11) is 1.76. The van der Waals surface area contributed by atoms with Crippen LogP contribution < -0.4 is 11.1 Å². The SMILES string of the molecule is CCC(C)C.CNC(N)=[Se]. The monoisotopic (exact) mass is 210 g/mol. The topological polar surface area (TPSA) is 38.0 Å². The van der Waals surface area contributed by atoms with E-state index in [0.717, 1.165) is 5.92 Å². The van der Waals surface area contributed by atoms with E-state index >= 15 is 0 Å². The van der Waals surface area contributed by atoms with Gasteiger partial charge in [-0.2, -0.15) is 0 Å². The molecule has 0 aromatic carbocycles. The Labute approximate surface area is 71.9 Å². The normalized spacial score (nSPS) is 8.10. The fourth-order valence-electron chi connectivity index (χ4n) is 0. The molecule has 0 saturated heterocycles. The summed E-state index contributed by atoms with van der Waals surface area (Å²) in [4.78, 5) is 0. The summed E-state index contributed by atoms with van der Waals surface area (Å²) >= 11 is 2.57. The van der Waals surface area contributed by atoms with Gasteiger partial charge in [0.2, 0.25) is 0 Å². The Hall–Kier alpha value is -0.0105. The first-order valence-electron chi connectivity index (χ1n) is 3.51. The van der Waals surface area contributed by atoms with Crippen molar-refractivity contribution in [2.75, 3.05) is 7.05 Å². The van der Waals surface area contributed by atoms with Gasteiger partial charge in [-0.3, -0.25) is 0 Å². The van der Waals surface area contributed by atoms with Crippen molar-refractivity contribution in [3.63, 3.8) is 0 Å². The number of nitrogens with two attached hydrogens (primary N) is 1. The molecule has 62 valence electrons. The van der Waals surface area contributed by atoms with Gasteiger partial charge in [0.25, 0.3) is 0 Å². The van der Waals surface area contributed by atoms with Gasteiger partial charge in [0.1, 0.15) is 0 Å². The zero-order valence-electron chi connectivity index (χ0n) is 7.27. The van der Waals surface area contributed by atoms with Crippen molar-refractivity contribution in [3.05, 3.63) is 0 Å². The molecule has 0 spiro atoms. The van der Waals surface area contributed by atoms with E-state index in [1.165, 1.54) is 6.42 Å². The second-order valence-corrected chi connectivity index (χ2v) is 3.34. The van der Waals surface area contributed by atoms with Crippen LogP contribution in [0.3, 0.4) is 0 Å². The molecular weight excluding hydrogens is 191 g/mol. The molecule has 10 heavy (non-hydrogen) atoms. The van der Waals surface area contributed by atoms with E-state index in [0.29, 0.717) is 4.67 Å². The molecule has 0 bridgehead atoms. The number of nitrogens with one attached hydrogen (secondary N) is 1. The van der Waals surface area contributed by atoms with Crippen LogP contribution in [-0.2, 0) is 0 Å². The van der Waals surface area contributed by atoms with Crippen LogP contribution in [0.2, 0.25) is 0 Å². The Morgan fingerprint density at radius 3 is 1.80 bits per heavy atom. The molecule has 0 aliphatic carbocycles. The van der Waals surface area contributed by atoms with Crippen molar-refractivity contribution in [2.24, 2.45) is 11.7 Å². The van der Waals surface area contributed by atoms with Crippen LogP contribution in [0.25, 0.3) is 0 Å². The third-order valence-corrected chi connectivity index (χ3v) is 1.49. The van der Waals surface area contributed by atoms with Gasteiger partial charge in [-0.1, -0.05) is 27.2 Å². The molecular formula is C7H18N2Se. The molecule has 3 heteroatoms. The zero-order chi connectivity index (χ0) is 8.57. The van der Waals surface area contributed by atoms with Crippen LogP contribution in [0.15, 0.2) is 0 Å². The van der Waals surface area contributed by atoms with Crippen LogP contribution in [0, 0.1) is 5.92 Å². The second-order valence-electron chi connectivity index (χ2n) is 2.42. The van der Waals surface area contributed by atoms with Crippen molar-refractivity contribution in [1.29, 1.82) is 0 Å². The van der Waals surface area contributed by atoms with E-state index in [2.05, 4.69) is 41.7 Å². The molecule has 0 atom stereocenters. The number of hydrogen-bond acceptors (Lipinski definition) is 2. The van der Waals surface area contributed by atoms with E-state index < -0.39 is 0 Å². The first-order chi connectivity index (χ1) is 4.54. The molecule has 3 N–H and O–H groups in total. The summed E-state index contributed by atoms with van der Waals surface area (Å²) in [5.41, 5.74) is 5.04. The van der Waals surface area contributed by atoms with Crippen LogP contribution in [0.5, 0.6) is 0 Å². The standard InChI is InChI=1S/C5H12.C2H6N2Se/c1-4-5(2)3;1-4-2(3)5/h5H,4H2,1-3H3;1H3,(H3,3,4,5). The van der Waals surface area contributed by atoms with Crippen LogP contribution in [-0.4, -0.2) is 27.3 Å². The van der Waals surface area contributed by atoms with E-state index in [4.69, 9.17) is 5.73 Å². The van der Waals surface area contributed by atoms with Gasteiger partial charge in [0, 0.05) is 0 Å². The molecule has 0 saturated carbocycles. The van der Waals surface area contributed by atoms with Crippen molar-refractivity contribution >= 4 is 20.2 Å². The number of hydrogen-bond donors (Lipinski definition) is 2. The van der Waals surface area contributed by atoms with Crippen molar-refractivity contribution < 1.29 is 0 Å². The average molecular weight is 209 g/mol. The molecule has 0 aromatic rings. The van der Waals surface area contributed by atoms with E-state index in [-0.39, 0.29) is 0 Å². The second kappa shape index (κ2) is 8.99. The Balaban J connectivity index is 0. The van der Waals surface area contributed by atoms with Crippen molar-refractivity contribution in [1.82, 2.24) is 5.32 Å². The van der Waals surface area contributed by atoms with Gasteiger partial charge in [-0.15, -0.1) is 0 Å². The number of rotatable bonds is 2. The predicted molar refractivity (Wildman–Crippen MR) is 49.1 cm³/mol. The zero-order valence-corrected chi connectivity index (χ0v) is 8.98. The Morgan fingerprint density at radius 1 is 1.60 bits per heavy atom. The summed E-state index contributed by atoms with van der Waals surface area (Å²) in [6, 6.07) is 0. The van der Waals surface area contributed by atoms with E-state index in [1.807, 2.05) is 0 Å². The Morgan fingerprint density at radius 2 is 1.80 bits per heavy atom.